The molecular formula is C33H28Cl3N7O4. The minimum atomic E-state index is -0.295. The van der Waals surface area contributed by atoms with E-state index in [-0.39, 0.29) is 17.0 Å². The van der Waals surface area contributed by atoms with Crippen molar-refractivity contribution >= 4 is 63.7 Å². The fraction of sp³-hybridized carbons (Fsp3) is 0.152. The summed E-state index contributed by atoms with van der Waals surface area (Å²) in [4.78, 5) is 43.2. The van der Waals surface area contributed by atoms with Crippen LogP contribution in [0.1, 0.15) is 26.3 Å². The van der Waals surface area contributed by atoms with Gasteiger partial charge < -0.3 is 25.0 Å². The van der Waals surface area contributed by atoms with Crippen molar-refractivity contribution in [2.45, 2.75) is 6.92 Å². The van der Waals surface area contributed by atoms with Gasteiger partial charge in [0.1, 0.15) is 33.9 Å². The van der Waals surface area contributed by atoms with Gasteiger partial charge in [0.2, 0.25) is 5.88 Å². The second kappa shape index (κ2) is 16.1. The van der Waals surface area contributed by atoms with E-state index >= 15 is 0 Å². The van der Waals surface area contributed by atoms with Crippen LogP contribution in [0.5, 0.6) is 11.6 Å². The van der Waals surface area contributed by atoms with Gasteiger partial charge >= 0.3 is 0 Å². The molecule has 0 bridgehead atoms. The van der Waals surface area contributed by atoms with E-state index in [0.717, 1.165) is 24.3 Å². The zero-order valence-corrected chi connectivity index (χ0v) is 27.3. The van der Waals surface area contributed by atoms with Gasteiger partial charge in [-0.2, -0.15) is 0 Å². The topological polar surface area (TPSA) is 131 Å². The van der Waals surface area contributed by atoms with Crippen LogP contribution in [0.25, 0.3) is 0 Å². The summed E-state index contributed by atoms with van der Waals surface area (Å²) in [6.45, 7) is 4.81. The van der Waals surface area contributed by atoms with Crippen LogP contribution in [0.4, 0.5) is 17.1 Å². The first-order chi connectivity index (χ1) is 22.7. The molecule has 240 valence electrons. The van der Waals surface area contributed by atoms with E-state index in [0.29, 0.717) is 57.7 Å². The number of aryl methyl sites for hydroxylation is 1. The second-order valence-electron chi connectivity index (χ2n) is 10.1. The lowest BCUT2D eigenvalue weighted by Gasteiger charge is -2.29. The number of carbonyl (C=O) groups is 2. The van der Waals surface area contributed by atoms with E-state index in [1.165, 1.54) is 24.8 Å². The fourth-order valence-electron chi connectivity index (χ4n) is 4.38. The number of morpholine rings is 1. The molecule has 1 fully saturated rings. The lowest BCUT2D eigenvalue weighted by Crippen LogP contribution is -2.36. The van der Waals surface area contributed by atoms with Crippen LogP contribution in [0, 0.1) is 6.92 Å². The molecule has 14 heteroatoms. The molecule has 0 unspecified atom stereocenters. The van der Waals surface area contributed by atoms with Crippen molar-refractivity contribution in [3.8, 4) is 11.6 Å². The van der Waals surface area contributed by atoms with Crippen molar-refractivity contribution < 1.29 is 19.1 Å². The lowest BCUT2D eigenvalue weighted by atomic mass is 10.1. The molecule has 0 saturated carbocycles. The second-order valence-corrected chi connectivity index (χ2v) is 11.2. The molecule has 6 rings (SSSR count). The minimum absolute atomic E-state index is 0.230. The summed E-state index contributed by atoms with van der Waals surface area (Å²) in [6.07, 6.45) is 2.62. The molecule has 47 heavy (non-hydrogen) atoms. The number of halogens is 3. The molecule has 0 spiro atoms. The Bertz CT molecular complexity index is 1840. The molecule has 2 amide bonds. The van der Waals surface area contributed by atoms with E-state index in [4.69, 9.17) is 44.3 Å². The third-order valence-corrected chi connectivity index (χ3v) is 7.40. The molecule has 2 N–H and O–H groups in total. The number of benzene rings is 3. The molecule has 0 aliphatic carbocycles. The summed E-state index contributed by atoms with van der Waals surface area (Å²) < 4.78 is 11.1. The molecule has 0 radical (unpaired) electrons. The third kappa shape index (κ3) is 9.84. The van der Waals surface area contributed by atoms with Crippen LogP contribution in [0.15, 0.2) is 91.5 Å². The van der Waals surface area contributed by atoms with E-state index in [9.17, 15) is 9.59 Å². The number of aromatic nitrogens is 4. The number of hydrogen-bond donors (Lipinski definition) is 2. The van der Waals surface area contributed by atoms with Crippen LogP contribution in [-0.2, 0) is 4.74 Å². The van der Waals surface area contributed by atoms with E-state index in [1.54, 1.807) is 42.5 Å². The maximum atomic E-state index is 13.0. The van der Waals surface area contributed by atoms with E-state index in [2.05, 4.69) is 35.5 Å². The van der Waals surface area contributed by atoms with E-state index in [1.807, 2.05) is 31.2 Å². The normalized spacial score (nSPS) is 12.4. The average Bonchev–Trinajstić information content (AvgIpc) is 3.07. The number of hydrogen-bond acceptors (Lipinski definition) is 9. The van der Waals surface area contributed by atoms with Gasteiger partial charge in [-0.15, -0.1) is 0 Å². The van der Waals surface area contributed by atoms with Crippen molar-refractivity contribution in [3.05, 3.63) is 124 Å². The quantitative estimate of drug-likeness (QED) is 0.168. The van der Waals surface area contributed by atoms with Crippen molar-refractivity contribution in [2.75, 3.05) is 41.8 Å². The number of nitrogens with one attached hydrogen (secondary N) is 2. The highest BCUT2D eigenvalue weighted by Gasteiger charge is 2.15. The SMILES string of the molecule is Cc1ccc(NC(=O)c2cccc(N3CCOCC3)c2)cc1NC(=O)c1ccc(Oc2cc(Cl)ncn2)cc1.Clc1cc(Cl)ncn1. The van der Waals surface area contributed by atoms with Gasteiger partial charge in [0.05, 0.1) is 13.2 Å². The van der Waals surface area contributed by atoms with Crippen molar-refractivity contribution in [1.29, 1.82) is 0 Å². The third-order valence-electron chi connectivity index (χ3n) is 6.78. The van der Waals surface area contributed by atoms with Crippen molar-refractivity contribution in [2.24, 2.45) is 0 Å². The average molecular weight is 693 g/mol. The summed E-state index contributed by atoms with van der Waals surface area (Å²) in [5, 5.41) is 6.86. The maximum absolute atomic E-state index is 13.0. The highest BCUT2D eigenvalue weighted by atomic mass is 35.5. The molecule has 3 aromatic carbocycles. The fourth-order valence-corrected chi connectivity index (χ4v) is 4.86. The molecular weight excluding hydrogens is 665 g/mol. The number of ether oxygens (including phenoxy) is 2. The van der Waals surface area contributed by atoms with Gasteiger partial charge in [-0.05, 0) is 67.1 Å². The van der Waals surface area contributed by atoms with Gasteiger partial charge in [-0.3, -0.25) is 9.59 Å². The molecule has 5 aromatic rings. The number of carbonyl (C=O) groups excluding carboxylic acids is 2. The molecule has 3 heterocycles. The Morgan fingerprint density at radius 1 is 0.745 bits per heavy atom. The summed E-state index contributed by atoms with van der Waals surface area (Å²) >= 11 is 16.7. The zero-order valence-electron chi connectivity index (χ0n) is 25.0. The Labute approximate surface area is 285 Å². The first-order valence-corrected chi connectivity index (χ1v) is 15.4. The van der Waals surface area contributed by atoms with Crippen LogP contribution >= 0.6 is 34.8 Å². The maximum Gasteiger partial charge on any atom is 0.255 e. The number of rotatable bonds is 7. The van der Waals surface area contributed by atoms with Gasteiger partial charge in [0.25, 0.3) is 11.8 Å². The predicted octanol–water partition coefficient (Wildman–Crippen LogP) is 7.36. The summed E-state index contributed by atoms with van der Waals surface area (Å²) in [7, 11) is 0. The van der Waals surface area contributed by atoms with Crippen LogP contribution in [0.3, 0.4) is 0 Å². The first-order valence-electron chi connectivity index (χ1n) is 14.3. The first kappa shape index (κ1) is 33.6. The molecule has 1 aliphatic heterocycles. The largest absolute Gasteiger partial charge is 0.439 e. The highest BCUT2D eigenvalue weighted by Crippen LogP contribution is 2.25. The van der Waals surface area contributed by atoms with Crippen LogP contribution in [0.2, 0.25) is 15.5 Å². The van der Waals surface area contributed by atoms with Gasteiger partial charge in [0, 0.05) is 53.4 Å². The smallest absolute Gasteiger partial charge is 0.255 e. The number of anilines is 3. The Morgan fingerprint density at radius 2 is 1.40 bits per heavy atom. The molecule has 0 atom stereocenters. The van der Waals surface area contributed by atoms with Crippen LogP contribution in [-0.4, -0.2) is 58.1 Å². The Hall–Kier alpha value is -4.81. The van der Waals surface area contributed by atoms with Gasteiger partial charge in [0.15, 0.2) is 0 Å². The molecule has 1 saturated heterocycles. The lowest BCUT2D eigenvalue weighted by molar-refractivity contribution is 0.101. The van der Waals surface area contributed by atoms with E-state index < -0.39 is 0 Å². The predicted molar refractivity (Wildman–Crippen MR) is 182 cm³/mol. The number of nitrogens with zero attached hydrogens (tertiary/aromatic N) is 5. The summed E-state index contributed by atoms with van der Waals surface area (Å²) in [6, 6.07) is 22.5. The zero-order chi connectivity index (χ0) is 33.2. The van der Waals surface area contributed by atoms with Gasteiger partial charge in [-0.25, -0.2) is 19.9 Å². The van der Waals surface area contributed by atoms with Crippen molar-refractivity contribution in [1.82, 2.24) is 19.9 Å². The van der Waals surface area contributed by atoms with Crippen LogP contribution < -0.4 is 20.3 Å². The molecule has 11 nitrogen and oxygen atoms in total. The molecule has 2 aromatic heterocycles. The summed E-state index contributed by atoms with van der Waals surface area (Å²) in [5.74, 6) is 0.276. The van der Waals surface area contributed by atoms with Gasteiger partial charge in [-0.1, -0.05) is 46.9 Å². The Kier molecular flexibility index (Phi) is 11.5. The number of amides is 2. The summed E-state index contributed by atoms with van der Waals surface area (Å²) in [5.41, 5.74) is 4.01. The minimum Gasteiger partial charge on any atom is -0.439 e. The molecule has 1 aliphatic rings. The monoisotopic (exact) mass is 691 g/mol. The Morgan fingerprint density at radius 3 is 2.06 bits per heavy atom. The highest BCUT2D eigenvalue weighted by molar-refractivity contribution is 6.33. The standard InChI is InChI=1S/C29H26ClN5O4.C4H2Cl2N2/c1-19-5-8-22(33-29(37)21-3-2-4-23(15-21)35-11-13-38-14-12-35)16-25(19)34-28(36)20-6-9-24(10-7-20)39-27-17-26(30)31-18-32-27;5-3-1-4(6)8-2-7-3/h2-10,15-18H,11-14H2,1H3,(H,33,37)(H,34,36);1-2H. The van der Waals surface area contributed by atoms with Crippen molar-refractivity contribution in [3.63, 3.8) is 0 Å². The Balaban J connectivity index is 0.000000474.